The third kappa shape index (κ3) is 3.82. The van der Waals surface area contributed by atoms with E-state index in [9.17, 15) is 19.3 Å². The Hall–Kier alpha value is -1.83. The number of halogens is 1. The van der Waals surface area contributed by atoms with Gasteiger partial charge in [-0.15, -0.1) is 0 Å². The minimum Gasteiger partial charge on any atom is -0.477 e. The second-order valence-electron chi connectivity index (χ2n) is 3.91. The van der Waals surface area contributed by atoms with Crippen LogP contribution >= 0.6 is 11.8 Å². The van der Waals surface area contributed by atoms with Crippen LogP contribution in [0.4, 0.5) is 15.8 Å². The van der Waals surface area contributed by atoms with Gasteiger partial charge in [-0.05, 0) is 19.2 Å². The van der Waals surface area contributed by atoms with Crippen LogP contribution in [0.3, 0.4) is 0 Å². The number of nitro groups is 1. The molecule has 1 aromatic carbocycles. The first kappa shape index (κ1) is 15.2. The summed E-state index contributed by atoms with van der Waals surface area (Å²) in [5.41, 5.74) is -1.34. The van der Waals surface area contributed by atoms with Crippen LogP contribution in [0.1, 0.15) is 17.3 Å². The molecule has 0 fully saturated rings. The molecule has 0 spiro atoms. The van der Waals surface area contributed by atoms with Crippen LogP contribution in [0.5, 0.6) is 0 Å². The van der Waals surface area contributed by atoms with E-state index in [1.807, 2.05) is 6.26 Å². The number of nitrogens with zero attached hydrogens (tertiary/aromatic N) is 1. The van der Waals surface area contributed by atoms with Crippen LogP contribution in [0, 0.1) is 15.9 Å². The lowest BCUT2D eigenvalue weighted by atomic mass is 10.1. The number of thioether (sulfide) groups is 1. The number of hydrogen-bond acceptors (Lipinski definition) is 5. The van der Waals surface area contributed by atoms with Gasteiger partial charge in [0.25, 0.3) is 5.69 Å². The van der Waals surface area contributed by atoms with Crippen molar-refractivity contribution in [1.82, 2.24) is 0 Å². The van der Waals surface area contributed by atoms with E-state index >= 15 is 0 Å². The molecular formula is C11H13FN2O4S. The van der Waals surface area contributed by atoms with Crippen LogP contribution in [0.25, 0.3) is 0 Å². The number of carboxylic acids is 1. The first-order valence-corrected chi connectivity index (χ1v) is 6.73. The molecule has 0 saturated carbocycles. The van der Waals surface area contributed by atoms with Crippen molar-refractivity contribution in [2.24, 2.45) is 0 Å². The molecule has 1 unspecified atom stereocenters. The molecule has 0 aliphatic carbocycles. The van der Waals surface area contributed by atoms with Crippen molar-refractivity contribution in [1.29, 1.82) is 0 Å². The highest BCUT2D eigenvalue weighted by Crippen LogP contribution is 2.26. The van der Waals surface area contributed by atoms with Gasteiger partial charge in [0.05, 0.1) is 16.7 Å². The Morgan fingerprint density at radius 1 is 1.63 bits per heavy atom. The molecule has 0 saturated heterocycles. The second kappa shape index (κ2) is 6.37. The Bertz CT molecular complexity index is 510. The molecule has 0 aromatic heterocycles. The predicted molar refractivity (Wildman–Crippen MR) is 71.5 cm³/mol. The van der Waals surface area contributed by atoms with Gasteiger partial charge in [0.1, 0.15) is 5.56 Å². The van der Waals surface area contributed by atoms with Gasteiger partial charge >= 0.3 is 5.97 Å². The third-order valence-electron chi connectivity index (χ3n) is 2.33. The summed E-state index contributed by atoms with van der Waals surface area (Å²) in [6, 6.07) is 1.48. The molecule has 0 bridgehead atoms. The molecule has 0 aliphatic rings. The van der Waals surface area contributed by atoms with Crippen LogP contribution in [-0.4, -0.2) is 34.0 Å². The molecule has 8 heteroatoms. The maximum absolute atomic E-state index is 13.7. The van der Waals surface area contributed by atoms with Gasteiger partial charge in [-0.25, -0.2) is 9.18 Å². The van der Waals surface area contributed by atoms with E-state index in [2.05, 4.69) is 5.32 Å². The number of nitrogens with one attached hydrogen (secondary N) is 1. The Balaban J connectivity index is 3.17. The lowest BCUT2D eigenvalue weighted by Gasteiger charge is -2.15. The van der Waals surface area contributed by atoms with Crippen molar-refractivity contribution >= 4 is 29.1 Å². The summed E-state index contributed by atoms with van der Waals surface area (Å²) in [6.45, 7) is 1.80. The van der Waals surface area contributed by atoms with Gasteiger partial charge in [-0.2, -0.15) is 11.8 Å². The molecule has 2 N–H and O–H groups in total. The molecule has 6 nitrogen and oxygen atoms in total. The van der Waals surface area contributed by atoms with Crippen LogP contribution < -0.4 is 5.32 Å². The van der Waals surface area contributed by atoms with Gasteiger partial charge in [0, 0.05) is 11.8 Å². The van der Waals surface area contributed by atoms with E-state index in [0.717, 1.165) is 6.07 Å². The monoisotopic (exact) mass is 288 g/mol. The summed E-state index contributed by atoms with van der Waals surface area (Å²) in [5, 5.41) is 22.4. The molecule has 104 valence electrons. The summed E-state index contributed by atoms with van der Waals surface area (Å²) in [4.78, 5) is 20.7. The lowest BCUT2D eigenvalue weighted by molar-refractivity contribution is -0.385. The van der Waals surface area contributed by atoms with Crippen molar-refractivity contribution in [3.05, 3.63) is 33.6 Å². The fraction of sp³-hybridized carbons (Fsp3) is 0.364. The number of aromatic carboxylic acids is 1. The number of carbonyl (C=O) groups is 1. The topological polar surface area (TPSA) is 92.5 Å². The van der Waals surface area contributed by atoms with Gasteiger partial charge in [0.2, 0.25) is 0 Å². The van der Waals surface area contributed by atoms with Gasteiger partial charge in [-0.3, -0.25) is 10.1 Å². The number of rotatable bonds is 6. The zero-order valence-corrected chi connectivity index (χ0v) is 11.2. The van der Waals surface area contributed by atoms with E-state index in [0.29, 0.717) is 11.8 Å². The first-order chi connectivity index (χ1) is 8.86. The fourth-order valence-electron chi connectivity index (χ4n) is 1.55. The smallest absolute Gasteiger partial charge is 0.342 e. The van der Waals surface area contributed by atoms with E-state index in [-0.39, 0.29) is 11.7 Å². The number of anilines is 1. The maximum Gasteiger partial charge on any atom is 0.342 e. The number of nitro benzene ring substituents is 1. The number of benzene rings is 1. The van der Waals surface area contributed by atoms with Crippen molar-refractivity contribution < 1.29 is 19.2 Å². The molecule has 1 atom stereocenters. The third-order valence-corrected chi connectivity index (χ3v) is 3.16. The lowest BCUT2D eigenvalue weighted by Crippen LogP contribution is -2.19. The highest BCUT2D eigenvalue weighted by molar-refractivity contribution is 7.98. The van der Waals surface area contributed by atoms with Crippen molar-refractivity contribution in [2.75, 3.05) is 17.3 Å². The van der Waals surface area contributed by atoms with Crippen LogP contribution in [0.2, 0.25) is 0 Å². The molecule has 1 aromatic rings. The molecule has 0 radical (unpaired) electrons. The summed E-state index contributed by atoms with van der Waals surface area (Å²) in [5.74, 6) is -1.62. The van der Waals surface area contributed by atoms with E-state index in [4.69, 9.17) is 5.11 Å². The molecule has 1 rings (SSSR count). The van der Waals surface area contributed by atoms with Gasteiger partial charge in [0.15, 0.2) is 5.82 Å². The zero-order valence-electron chi connectivity index (χ0n) is 10.3. The summed E-state index contributed by atoms with van der Waals surface area (Å²) < 4.78 is 13.7. The van der Waals surface area contributed by atoms with Crippen LogP contribution in [-0.2, 0) is 0 Å². The van der Waals surface area contributed by atoms with E-state index < -0.39 is 28.0 Å². The normalized spacial score (nSPS) is 11.9. The molecule has 0 heterocycles. The summed E-state index contributed by atoms with van der Waals surface area (Å²) in [7, 11) is 0. The quantitative estimate of drug-likeness (QED) is 0.617. The summed E-state index contributed by atoms with van der Waals surface area (Å²) >= 11 is 1.54. The molecule has 0 aliphatic heterocycles. The SMILES string of the molecule is CSCC(C)Nc1cc(C(=O)O)c([N+](=O)[O-])cc1F. The molecule has 19 heavy (non-hydrogen) atoms. The highest BCUT2D eigenvalue weighted by Gasteiger charge is 2.23. The first-order valence-electron chi connectivity index (χ1n) is 5.33. The van der Waals surface area contributed by atoms with Crippen LogP contribution in [0.15, 0.2) is 12.1 Å². The average Bonchev–Trinajstić information content (AvgIpc) is 2.31. The zero-order chi connectivity index (χ0) is 14.6. The van der Waals surface area contributed by atoms with Crippen molar-refractivity contribution in [3.8, 4) is 0 Å². The molecular weight excluding hydrogens is 275 g/mol. The standard InChI is InChI=1S/C11H13FN2O4S/c1-6(5-19-2)13-9-3-7(11(15)16)10(14(17)18)4-8(9)12/h3-4,6,13H,5H2,1-2H3,(H,15,16). The Labute approximate surface area is 113 Å². The van der Waals surface area contributed by atoms with Gasteiger partial charge in [-0.1, -0.05) is 0 Å². The highest BCUT2D eigenvalue weighted by atomic mass is 32.2. The van der Waals surface area contributed by atoms with E-state index in [1.54, 1.807) is 18.7 Å². The largest absolute Gasteiger partial charge is 0.477 e. The van der Waals surface area contributed by atoms with Gasteiger partial charge < -0.3 is 10.4 Å². The second-order valence-corrected chi connectivity index (χ2v) is 4.82. The van der Waals surface area contributed by atoms with E-state index in [1.165, 1.54) is 0 Å². The predicted octanol–water partition coefficient (Wildman–Crippen LogP) is 2.60. The fourth-order valence-corrected chi connectivity index (χ4v) is 2.14. The number of carboxylic acid groups (broad SMARTS) is 1. The average molecular weight is 288 g/mol. The Morgan fingerprint density at radius 3 is 2.74 bits per heavy atom. The summed E-state index contributed by atoms with van der Waals surface area (Å²) in [6.07, 6.45) is 1.88. The number of hydrogen-bond donors (Lipinski definition) is 2. The molecule has 0 amide bonds. The maximum atomic E-state index is 13.7. The van der Waals surface area contributed by atoms with Crippen molar-refractivity contribution in [2.45, 2.75) is 13.0 Å². The Morgan fingerprint density at radius 2 is 2.26 bits per heavy atom. The van der Waals surface area contributed by atoms with Crippen molar-refractivity contribution in [3.63, 3.8) is 0 Å². The Kier molecular flexibility index (Phi) is 5.11. The minimum atomic E-state index is -1.47. The minimum absolute atomic E-state index is 0.0513.